The number of rotatable bonds is 4. The van der Waals surface area contributed by atoms with Crippen LogP contribution in [0.3, 0.4) is 0 Å². The number of nitrogens with zero attached hydrogens (tertiary/aromatic N) is 1. The van der Waals surface area contributed by atoms with Crippen molar-refractivity contribution in [2.75, 3.05) is 33.2 Å². The van der Waals surface area contributed by atoms with Gasteiger partial charge in [-0.2, -0.15) is 0 Å². The summed E-state index contributed by atoms with van der Waals surface area (Å²) in [7, 11) is 2.02. The Labute approximate surface area is 81.9 Å². The Morgan fingerprint density at radius 1 is 1.31 bits per heavy atom. The van der Waals surface area contributed by atoms with Crippen molar-refractivity contribution in [1.29, 1.82) is 0 Å². The SMILES string of the molecule is CNCCCN1CC(C)NC(C)C1. The Morgan fingerprint density at radius 2 is 1.92 bits per heavy atom. The summed E-state index contributed by atoms with van der Waals surface area (Å²) in [5, 5.41) is 6.73. The Bertz CT molecular complexity index is 128. The number of nitrogens with one attached hydrogen (secondary N) is 2. The molecule has 3 nitrogen and oxygen atoms in total. The lowest BCUT2D eigenvalue weighted by molar-refractivity contribution is 0.172. The summed E-state index contributed by atoms with van der Waals surface area (Å²) in [6.07, 6.45) is 1.26. The molecule has 0 aromatic rings. The molecule has 3 heteroatoms. The van der Waals surface area contributed by atoms with Crippen molar-refractivity contribution >= 4 is 0 Å². The van der Waals surface area contributed by atoms with Gasteiger partial charge in [-0.3, -0.25) is 0 Å². The first kappa shape index (κ1) is 11.0. The largest absolute Gasteiger partial charge is 0.320 e. The number of hydrogen-bond donors (Lipinski definition) is 2. The highest BCUT2D eigenvalue weighted by Crippen LogP contribution is 2.03. The highest BCUT2D eigenvalue weighted by Gasteiger charge is 2.19. The zero-order chi connectivity index (χ0) is 9.68. The number of piperazine rings is 1. The molecule has 0 radical (unpaired) electrons. The highest BCUT2D eigenvalue weighted by atomic mass is 15.2. The fourth-order valence-corrected chi connectivity index (χ4v) is 2.10. The molecule has 1 fully saturated rings. The first-order valence-corrected chi connectivity index (χ1v) is 5.35. The van der Waals surface area contributed by atoms with E-state index < -0.39 is 0 Å². The molecular weight excluding hydrogens is 162 g/mol. The predicted molar refractivity (Wildman–Crippen MR) is 57.0 cm³/mol. The van der Waals surface area contributed by atoms with E-state index in [4.69, 9.17) is 0 Å². The molecule has 0 spiro atoms. The smallest absolute Gasteiger partial charge is 0.0169 e. The second-order valence-corrected chi connectivity index (χ2v) is 4.19. The molecule has 1 saturated heterocycles. The summed E-state index contributed by atoms with van der Waals surface area (Å²) in [6.45, 7) is 9.30. The van der Waals surface area contributed by atoms with Crippen molar-refractivity contribution in [3.8, 4) is 0 Å². The highest BCUT2D eigenvalue weighted by molar-refractivity contribution is 4.80. The van der Waals surface area contributed by atoms with E-state index >= 15 is 0 Å². The normalized spacial score (nSPS) is 30.7. The maximum Gasteiger partial charge on any atom is 0.0169 e. The second-order valence-electron chi connectivity index (χ2n) is 4.19. The molecule has 13 heavy (non-hydrogen) atoms. The fourth-order valence-electron chi connectivity index (χ4n) is 2.10. The van der Waals surface area contributed by atoms with Crippen molar-refractivity contribution in [3.05, 3.63) is 0 Å². The van der Waals surface area contributed by atoms with Crippen LogP contribution in [0.5, 0.6) is 0 Å². The van der Waals surface area contributed by atoms with Gasteiger partial charge < -0.3 is 15.5 Å². The lowest BCUT2D eigenvalue weighted by atomic mass is 10.1. The lowest BCUT2D eigenvalue weighted by Crippen LogP contribution is -2.54. The van der Waals surface area contributed by atoms with Crippen LogP contribution < -0.4 is 10.6 Å². The minimum Gasteiger partial charge on any atom is -0.320 e. The minimum absolute atomic E-state index is 0.651. The molecule has 2 unspecified atom stereocenters. The van der Waals surface area contributed by atoms with Gasteiger partial charge >= 0.3 is 0 Å². The van der Waals surface area contributed by atoms with Crippen LogP contribution in [0.4, 0.5) is 0 Å². The zero-order valence-corrected chi connectivity index (χ0v) is 9.14. The molecule has 0 amide bonds. The molecule has 1 rings (SSSR count). The van der Waals surface area contributed by atoms with E-state index in [0.717, 1.165) is 6.54 Å². The molecule has 0 aliphatic carbocycles. The summed E-state index contributed by atoms with van der Waals surface area (Å²) >= 11 is 0. The molecule has 1 aliphatic rings. The van der Waals surface area contributed by atoms with Crippen molar-refractivity contribution in [3.63, 3.8) is 0 Å². The van der Waals surface area contributed by atoms with E-state index in [2.05, 4.69) is 29.4 Å². The van der Waals surface area contributed by atoms with Gasteiger partial charge in [0.2, 0.25) is 0 Å². The van der Waals surface area contributed by atoms with E-state index in [1.54, 1.807) is 0 Å². The fraction of sp³-hybridized carbons (Fsp3) is 1.00. The van der Waals surface area contributed by atoms with Crippen LogP contribution in [0, 0.1) is 0 Å². The van der Waals surface area contributed by atoms with Gasteiger partial charge in [0.15, 0.2) is 0 Å². The molecule has 0 saturated carbocycles. The van der Waals surface area contributed by atoms with Gasteiger partial charge in [0, 0.05) is 25.2 Å². The molecule has 2 N–H and O–H groups in total. The van der Waals surface area contributed by atoms with E-state index in [-0.39, 0.29) is 0 Å². The van der Waals surface area contributed by atoms with Gasteiger partial charge in [0.25, 0.3) is 0 Å². The third-order valence-electron chi connectivity index (χ3n) is 2.53. The van der Waals surface area contributed by atoms with Crippen molar-refractivity contribution in [2.24, 2.45) is 0 Å². The van der Waals surface area contributed by atoms with Crippen LogP contribution in [0.1, 0.15) is 20.3 Å². The quantitative estimate of drug-likeness (QED) is 0.616. The van der Waals surface area contributed by atoms with Gasteiger partial charge in [-0.05, 0) is 40.4 Å². The Hall–Kier alpha value is -0.120. The standard InChI is InChI=1S/C10H23N3/c1-9-7-13(6-4-5-11-3)8-10(2)12-9/h9-12H,4-8H2,1-3H3. The summed E-state index contributed by atoms with van der Waals surface area (Å²) in [6, 6.07) is 1.30. The first-order valence-electron chi connectivity index (χ1n) is 5.35. The Kier molecular flexibility index (Phi) is 4.70. The molecule has 0 aromatic heterocycles. The number of hydrogen-bond acceptors (Lipinski definition) is 3. The van der Waals surface area contributed by atoms with Crippen LogP contribution in [0.25, 0.3) is 0 Å². The van der Waals surface area contributed by atoms with Crippen LogP contribution in [-0.2, 0) is 0 Å². The topological polar surface area (TPSA) is 27.3 Å². The molecular formula is C10H23N3. The summed E-state index contributed by atoms with van der Waals surface area (Å²) < 4.78 is 0. The predicted octanol–water partition coefficient (Wildman–Crippen LogP) is 0.278. The molecule has 78 valence electrons. The van der Waals surface area contributed by atoms with Crippen molar-refractivity contribution in [1.82, 2.24) is 15.5 Å². The van der Waals surface area contributed by atoms with Crippen LogP contribution in [-0.4, -0.2) is 50.2 Å². The second kappa shape index (κ2) is 5.58. The minimum atomic E-state index is 0.651. The van der Waals surface area contributed by atoms with Gasteiger partial charge in [0.05, 0.1) is 0 Å². The molecule has 1 aliphatic heterocycles. The van der Waals surface area contributed by atoms with Crippen molar-refractivity contribution < 1.29 is 0 Å². The maximum absolute atomic E-state index is 3.54. The van der Waals surface area contributed by atoms with Gasteiger partial charge in [0.1, 0.15) is 0 Å². The van der Waals surface area contributed by atoms with Gasteiger partial charge in [-0.15, -0.1) is 0 Å². The van der Waals surface area contributed by atoms with Crippen LogP contribution in [0.2, 0.25) is 0 Å². The van der Waals surface area contributed by atoms with Gasteiger partial charge in [-0.1, -0.05) is 0 Å². The molecule has 1 heterocycles. The summed E-state index contributed by atoms with van der Waals surface area (Å²) in [5.41, 5.74) is 0. The van der Waals surface area contributed by atoms with E-state index in [9.17, 15) is 0 Å². The molecule has 0 aromatic carbocycles. The Morgan fingerprint density at radius 3 is 2.46 bits per heavy atom. The monoisotopic (exact) mass is 185 g/mol. The van der Waals surface area contributed by atoms with Crippen molar-refractivity contribution in [2.45, 2.75) is 32.4 Å². The third kappa shape index (κ3) is 4.07. The van der Waals surface area contributed by atoms with Crippen LogP contribution >= 0.6 is 0 Å². The summed E-state index contributed by atoms with van der Waals surface area (Å²) in [4.78, 5) is 2.56. The third-order valence-corrected chi connectivity index (χ3v) is 2.53. The molecule has 0 bridgehead atoms. The molecule has 2 atom stereocenters. The zero-order valence-electron chi connectivity index (χ0n) is 9.14. The van der Waals surface area contributed by atoms with E-state index in [1.807, 2.05) is 7.05 Å². The average molecular weight is 185 g/mol. The Balaban J connectivity index is 2.17. The maximum atomic E-state index is 3.54. The van der Waals surface area contributed by atoms with Crippen LogP contribution in [0.15, 0.2) is 0 Å². The summed E-state index contributed by atoms with van der Waals surface area (Å²) in [5.74, 6) is 0. The lowest BCUT2D eigenvalue weighted by Gasteiger charge is -2.36. The van der Waals surface area contributed by atoms with Gasteiger partial charge in [-0.25, -0.2) is 0 Å². The first-order chi connectivity index (χ1) is 6.22. The average Bonchev–Trinajstić information content (AvgIpc) is 2.03. The van der Waals surface area contributed by atoms with E-state index in [1.165, 1.54) is 26.1 Å². The van der Waals surface area contributed by atoms with E-state index in [0.29, 0.717) is 12.1 Å².